The maximum absolute atomic E-state index is 13.7. The van der Waals surface area contributed by atoms with Gasteiger partial charge in [-0.15, -0.1) is 0 Å². The molecule has 5 aliphatic carbocycles. The lowest BCUT2D eigenvalue weighted by Crippen LogP contribution is -2.35. The van der Waals surface area contributed by atoms with E-state index in [0.29, 0.717) is 39.1 Å². The first-order valence-corrected chi connectivity index (χ1v) is 21.4. The van der Waals surface area contributed by atoms with Gasteiger partial charge in [0, 0.05) is 40.9 Å². The number of aromatic nitrogens is 2. The van der Waals surface area contributed by atoms with Gasteiger partial charge in [0.1, 0.15) is 0 Å². The van der Waals surface area contributed by atoms with E-state index in [4.69, 9.17) is 0 Å². The Balaban J connectivity index is 0.000000154. The molecule has 12 heteroatoms. The highest BCUT2D eigenvalue weighted by atomic mass is 32.2. The third kappa shape index (κ3) is 5.83. The molecule has 2 aromatic heterocycles. The van der Waals surface area contributed by atoms with Gasteiger partial charge in [-0.2, -0.15) is 0 Å². The van der Waals surface area contributed by atoms with Crippen molar-refractivity contribution in [3.05, 3.63) is 180 Å². The zero-order valence-electron chi connectivity index (χ0n) is 30.6. The second-order valence-electron chi connectivity index (χ2n) is 14.2. The molecule has 0 aliphatic heterocycles. The fourth-order valence-electron chi connectivity index (χ4n) is 8.22. The molecule has 2 bridgehead atoms. The minimum Gasteiger partial charge on any atom is -0.286 e. The van der Waals surface area contributed by atoms with E-state index in [1.807, 2.05) is 42.5 Å². The molecule has 2 atom stereocenters. The Hall–Kier alpha value is -6.76. The second kappa shape index (κ2) is 14.0. The molecule has 0 saturated carbocycles. The van der Waals surface area contributed by atoms with Gasteiger partial charge in [-0.05, 0) is 66.0 Å². The summed E-state index contributed by atoms with van der Waals surface area (Å²) in [6.07, 6.45) is 11.1. The number of ketones is 4. The van der Waals surface area contributed by atoms with Crippen molar-refractivity contribution in [2.24, 2.45) is 11.8 Å². The summed E-state index contributed by atoms with van der Waals surface area (Å²) in [6, 6.07) is 34.2. The highest BCUT2D eigenvalue weighted by Crippen LogP contribution is 2.51. The SMILES string of the molecule is O=C1C(=O)c2c(-c3ccccc3)cn(S(=O)(=O)c3ccccc3)c2C2=C1C1C=CC2CC1.O=C1C=Cc2c(c(-c3ccccc3)cn2S(=O)(=O)c2ccccc2)C1=O. The van der Waals surface area contributed by atoms with Crippen LogP contribution in [0.1, 0.15) is 44.9 Å². The zero-order valence-corrected chi connectivity index (χ0v) is 32.2. The van der Waals surface area contributed by atoms with Gasteiger partial charge in [-0.25, -0.2) is 24.8 Å². The summed E-state index contributed by atoms with van der Waals surface area (Å²) < 4.78 is 55.9. The Morgan fingerprint density at radius 3 is 1.43 bits per heavy atom. The lowest BCUT2D eigenvalue weighted by molar-refractivity contribution is -0.112. The van der Waals surface area contributed by atoms with Crippen LogP contribution in [0.3, 0.4) is 0 Å². The number of hydrogen-bond acceptors (Lipinski definition) is 8. The lowest BCUT2D eigenvalue weighted by Gasteiger charge is -2.37. The standard InChI is InChI=1S/C26H19NO4S.C20H13NO4S/c28-25-22-18-13-11-17(12-14-18)21(22)24-23(26(25)29)20(16-7-3-1-4-8-16)15-27(24)32(30,31)19-9-5-2-6-10-19;22-18-12-11-17-19(20(18)23)16(14-7-3-1-4-8-14)13-21(17)26(24,25)15-9-5-2-6-10-15/h1-11,13,15,17-18H,12,14H2;1-13H. The van der Waals surface area contributed by atoms with E-state index in [9.17, 15) is 36.0 Å². The normalized spacial score (nSPS) is 18.1. The van der Waals surface area contributed by atoms with E-state index in [-0.39, 0.29) is 38.4 Å². The van der Waals surface area contributed by atoms with Gasteiger partial charge in [-0.3, -0.25) is 19.2 Å². The summed E-state index contributed by atoms with van der Waals surface area (Å²) in [4.78, 5) is 51.2. The van der Waals surface area contributed by atoms with E-state index in [0.717, 1.165) is 22.9 Å². The van der Waals surface area contributed by atoms with Gasteiger partial charge < -0.3 is 0 Å². The van der Waals surface area contributed by atoms with Crippen molar-refractivity contribution in [3.63, 3.8) is 0 Å². The summed E-state index contributed by atoms with van der Waals surface area (Å²) in [6.45, 7) is 0. The van der Waals surface area contributed by atoms with Crippen LogP contribution in [0, 0.1) is 11.8 Å². The van der Waals surface area contributed by atoms with Crippen LogP contribution in [0.4, 0.5) is 0 Å². The van der Waals surface area contributed by atoms with Crippen LogP contribution >= 0.6 is 0 Å². The Morgan fingerprint density at radius 2 is 0.914 bits per heavy atom. The van der Waals surface area contributed by atoms with Crippen molar-refractivity contribution >= 4 is 54.8 Å². The van der Waals surface area contributed by atoms with Crippen LogP contribution in [0.25, 0.3) is 33.9 Å². The number of benzene rings is 4. The smallest absolute Gasteiger partial charge is 0.268 e. The number of hydrogen-bond donors (Lipinski definition) is 0. The molecule has 286 valence electrons. The molecular formula is C46H32N2O8S2. The minimum absolute atomic E-state index is 0.0750. The van der Waals surface area contributed by atoms with Crippen molar-refractivity contribution in [3.8, 4) is 22.3 Å². The van der Waals surface area contributed by atoms with E-state index < -0.39 is 43.2 Å². The quantitative estimate of drug-likeness (QED) is 0.123. The van der Waals surface area contributed by atoms with E-state index in [2.05, 4.69) is 6.08 Å². The molecule has 58 heavy (non-hydrogen) atoms. The van der Waals surface area contributed by atoms with Crippen molar-refractivity contribution in [2.75, 3.05) is 0 Å². The molecule has 0 N–H and O–H groups in total. The Kier molecular flexibility index (Phi) is 8.90. The topological polar surface area (TPSA) is 146 Å². The van der Waals surface area contributed by atoms with Crippen molar-refractivity contribution < 1.29 is 36.0 Å². The van der Waals surface area contributed by atoms with Gasteiger partial charge in [0.2, 0.25) is 23.1 Å². The number of allylic oxidation sites excluding steroid dienone is 5. The van der Waals surface area contributed by atoms with Gasteiger partial charge in [0.05, 0.1) is 32.3 Å². The number of rotatable bonds is 6. The summed E-state index contributed by atoms with van der Waals surface area (Å²) in [7, 11) is -7.89. The summed E-state index contributed by atoms with van der Waals surface area (Å²) >= 11 is 0. The largest absolute Gasteiger partial charge is 0.286 e. The maximum Gasteiger partial charge on any atom is 0.268 e. The molecule has 11 rings (SSSR count). The zero-order chi connectivity index (χ0) is 40.3. The molecular weight excluding hydrogens is 773 g/mol. The first-order chi connectivity index (χ1) is 28.0. The molecule has 0 saturated heterocycles. The predicted molar refractivity (Wildman–Crippen MR) is 218 cm³/mol. The molecule has 0 radical (unpaired) electrons. The van der Waals surface area contributed by atoms with Crippen LogP contribution in [-0.4, -0.2) is 47.9 Å². The van der Waals surface area contributed by atoms with Crippen LogP contribution in [0.15, 0.2) is 167 Å². The molecule has 0 fully saturated rings. The first kappa shape index (κ1) is 36.9. The summed E-state index contributed by atoms with van der Waals surface area (Å²) in [5.41, 5.74) is 4.29. The van der Waals surface area contributed by atoms with E-state index in [1.165, 1.54) is 34.6 Å². The Morgan fingerprint density at radius 1 is 0.466 bits per heavy atom. The van der Waals surface area contributed by atoms with Gasteiger partial charge >= 0.3 is 0 Å². The average Bonchev–Trinajstić information content (AvgIpc) is 3.88. The Bertz CT molecular complexity index is 3030. The predicted octanol–water partition coefficient (Wildman–Crippen LogP) is 7.68. The molecule has 2 heterocycles. The molecule has 2 unspecified atom stereocenters. The fourth-order valence-corrected chi connectivity index (χ4v) is 11.0. The van der Waals surface area contributed by atoms with Gasteiger partial charge in [0.15, 0.2) is 0 Å². The van der Waals surface area contributed by atoms with Gasteiger partial charge in [0.25, 0.3) is 20.0 Å². The van der Waals surface area contributed by atoms with E-state index in [1.54, 1.807) is 72.8 Å². The summed E-state index contributed by atoms with van der Waals surface area (Å²) in [5.74, 6) is -2.70. The monoisotopic (exact) mass is 804 g/mol. The minimum atomic E-state index is -3.98. The lowest BCUT2D eigenvalue weighted by atomic mass is 9.65. The highest BCUT2D eigenvalue weighted by molar-refractivity contribution is 7.90. The van der Waals surface area contributed by atoms with Crippen LogP contribution in [-0.2, 0) is 29.6 Å². The van der Waals surface area contributed by atoms with Crippen molar-refractivity contribution in [2.45, 2.75) is 22.6 Å². The molecule has 10 nitrogen and oxygen atoms in total. The molecule has 5 aliphatic rings. The van der Waals surface area contributed by atoms with E-state index >= 15 is 0 Å². The third-order valence-electron chi connectivity index (χ3n) is 10.9. The van der Waals surface area contributed by atoms with Crippen LogP contribution < -0.4 is 0 Å². The highest BCUT2D eigenvalue weighted by Gasteiger charge is 2.47. The van der Waals surface area contributed by atoms with Gasteiger partial charge in [-0.1, -0.05) is 109 Å². The fraction of sp³-hybridized carbons (Fsp3) is 0.0870. The average molecular weight is 805 g/mol. The van der Waals surface area contributed by atoms with Crippen molar-refractivity contribution in [1.82, 2.24) is 7.94 Å². The molecule has 0 amide bonds. The molecule has 6 aromatic rings. The number of nitrogens with zero attached hydrogens (tertiary/aromatic N) is 2. The van der Waals surface area contributed by atoms with Crippen LogP contribution in [0.2, 0.25) is 0 Å². The Labute approximate surface area is 334 Å². The molecule has 4 aromatic carbocycles. The molecule has 0 spiro atoms. The third-order valence-corrected chi connectivity index (χ3v) is 14.3. The second-order valence-corrected chi connectivity index (χ2v) is 17.8. The number of carbonyl (C=O) groups excluding carboxylic acids is 4. The van der Waals surface area contributed by atoms with Crippen LogP contribution in [0.5, 0.6) is 0 Å². The number of fused-ring (bicyclic) bond motifs is 3. The number of carbonyl (C=O) groups is 4. The first-order valence-electron chi connectivity index (χ1n) is 18.5. The maximum atomic E-state index is 13.7. The number of Topliss-reactive ketones (excluding diaryl/α,β-unsaturated/α-hetero) is 3. The van der Waals surface area contributed by atoms with Crippen molar-refractivity contribution in [1.29, 1.82) is 0 Å². The summed E-state index contributed by atoms with van der Waals surface area (Å²) in [5, 5.41) is 0.